The van der Waals surface area contributed by atoms with Gasteiger partial charge in [-0.05, 0) is 67.4 Å². The van der Waals surface area contributed by atoms with Gasteiger partial charge in [-0.25, -0.2) is 31.5 Å². The number of hydrogen-bond acceptors (Lipinski definition) is 8. The number of rotatable bonds is 8. The van der Waals surface area contributed by atoms with E-state index in [0.717, 1.165) is 0 Å². The van der Waals surface area contributed by atoms with Crippen molar-refractivity contribution < 1.29 is 26.4 Å². The van der Waals surface area contributed by atoms with Gasteiger partial charge in [0, 0.05) is 31.2 Å². The minimum atomic E-state index is -3.90. The van der Waals surface area contributed by atoms with Gasteiger partial charge in [-0.15, -0.1) is 0 Å². The lowest BCUT2D eigenvalue weighted by atomic mass is 9.99. The fourth-order valence-corrected chi connectivity index (χ4v) is 6.25. The van der Waals surface area contributed by atoms with Crippen molar-refractivity contribution in [2.24, 2.45) is 5.92 Å². The molecule has 190 valence electrons. The topological polar surface area (TPSA) is 148 Å². The Bertz CT molecular complexity index is 1410. The molecular weight excluding hydrogens is 506 g/mol. The summed E-state index contributed by atoms with van der Waals surface area (Å²) < 4.78 is 59.8. The Morgan fingerprint density at radius 3 is 2.25 bits per heavy atom. The number of aromatic nitrogens is 2. The van der Waals surface area contributed by atoms with Crippen LogP contribution >= 0.6 is 0 Å². The maximum absolute atomic E-state index is 13.1. The zero-order chi connectivity index (χ0) is 25.8. The summed E-state index contributed by atoms with van der Waals surface area (Å²) in [5, 5.41) is 2.75. The molecule has 1 fully saturated rings. The van der Waals surface area contributed by atoms with Gasteiger partial charge >= 0.3 is 0 Å². The van der Waals surface area contributed by atoms with Crippen molar-refractivity contribution in [1.29, 1.82) is 0 Å². The van der Waals surface area contributed by atoms with Crippen molar-refractivity contribution in [1.82, 2.24) is 14.3 Å². The Morgan fingerprint density at radius 1 is 0.972 bits per heavy atom. The molecule has 2 heterocycles. The smallest absolute Gasteiger partial charge is 0.264 e. The van der Waals surface area contributed by atoms with Crippen LogP contribution in [0.15, 0.2) is 76.8 Å². The summed E-state index contributed by atoms with van der Waals surface area (Å²) in [5.41, 5.74) is 0.394. The Balaban J connectivity index is 1.40. The number of carbonyl (C=O) groups excluding carboxylic acids is 1. The summed E-state index contributed by atoms with van der Waals surface area (Å²) in [6.45, 7) is 0.372. The Hall–Kier alpha value is -3.55. The molecule has 36 heavy (non-hydrogen) atoms. The van der Waals surface area contributed by atoms with Crippen LogP contribution in [0.5, 0.6) is 5.75 Å². The maximum atomic E-state index is 13.1. The highest BCUT2D eigenvalue weighted by Crippen LogP contribution is 2.26. The molecule has 0 bridgehead atoms. The second kappa shape index (κ2) is 10.6. The van der Waals surface area contributed by atoms with E-state index in [1.54, 1.807) is 18.2 Å². The van der Waals surface area contributed by atoms with E-state index in [2.05, 4.69) is 20.0 Å². The first-order chi connectivity index (χ1) is 17.2. The first-order valence-electron chi connectivity index (χ1n) is 11.0. The number of sulfonamides is 2. The van der Waals surface area contributed by atoms with E-state index >= 15 is 0 Å². The molecule has 1 aliphatic heterocycles. The fraction of sp³-hybridized carbons (Fsp3) is 0.261. The molecule has 2 aromatic carbocycles. The molecule has 0 aliphatic carbocycles. The number of anilines is 2. The van der Waals surface area contributed by atoms with Crippen molar-refractivity contribution in [2.45, 2.75) is 22.6 Å². The molecule has 2 N–H and O–H groups in total. The molecule has 13 heteroatoms. The zero-order valence-corrected chi connectivity index (χ0v) is 21.0. The molecule has 0 unspecified atom stereocenters. The molecule has 1 amide bonds. The lowest BCUT2D eigenvalue weighted by Crippen LogP contribution is -2.43. The number of nitrogens with one attached hydrogen (secondary N) is 2. The average Bonchev–Trinajstić information content (AvgIpc) is 2.89. The zero-order valence-electron chi connectivity index (χ0n) is 19.4. The SMILES string of the molecule is COc1ccc(S(=O)(=O)N2CCC[C@H](C(=O)Nc3ccc(S(=O)(=O)Nc4ncccn4)cc3)C2)cc1. The highest BCUT2D eigenvalue weighted by Gasteiger charge is 2.33. The van der Waals surface area contributed by atoms with E-state index in [1.807, 2.05) is 0 Å². The standard InChI is InChI=1S/C23H25N5O6S2/c1-34-19-7-11-21(12-8-19)36(32,33)28-15-2-4-17(16-28)22(29)26-18-5-9-20(10-6-18)35(30,31)27-23-24-13-3-14-25-23/h3,5-14,17H,2,4,15-16H2,1H3,(H,26,29)(H,24,25,27)/t17-/m0/s1. The number of hydrogen-bond donors (Lipinski definition) is 2. The Labute approximate surface area is 209 Å². The van der Waals surface area contributed by atoms with E-state index in [-0.39, 0.29) is 28.2 Å². The van der Waals surface area contributed by atoms with Gasteiger partial charge in [-0.1, -0.05) is 0 Å². The molecule has 1 atom stereocenters. The normalized spacial score (nSPS) is 16.8. The second-order valence-corrected chi connectivity index (χ2v) is 11.7. The van der Waals surface area contributed by atoms with Crippen LogP contribution in [-0.2, 0) is 24.8 Å². The van der Waals surface area contributed by atoms with Gasteiger partial charge in [-0.2, -0.15) is 4.31 Å². The van der Waals surface area contributed by atoms with Gasteiger partial charge in [0.2, 0.25) is 21.9 Å². The van der Waals surface area contributed by atoms with Crippen molar-refractivity contribution in [3.63, 3.8) is 0 Å². The summed E-state index contributed by atoms with van der Waals surface area (Å²) in [4.78, 5) is 20.7. The predicted molar refractivity (Wildman–Crippen MR) is 132 cm³/mol. The quantitative estimate of drug-likeness (QED) is 0.450. The number of ether oxygens (including phenoxy) is 1. The van der Waals surface area contributed by atoms with Gasteiger partial charge < -0.3 is 10.1 Å². The van der Waals surface area contributed by atoms with E-state index in [4.69, 9.17) is 4.74 Å². The number of amides is 1. The summed E-state index contributed by atoms with van der Waals surface area (Å²) in [7, 11) is -6.16. The Kier molecular flexibility index (Phi) is 7.52. The highest BCUT2D eigenvalue weighted by molar-refractivity contribution is 7.92. The van der Waals surface area contributed by atoms with E-state index in [1.165, 1.54) is 60.2 Å². The fourth-order valence-electron chi connectivity index (χ4n) is 3.76. The molecule has 1 saturated heterocycles. The minimum Gasteiger partial charge on any atom is -0.497 e. The van der Waals surface area contributed by atoms with Crippen LogP contribution in [0.3, 0.4) is 0 Å². The summed E-state index contributed by atoms with van der Waals surface area (Å²) >= 11 is 0. The lowest BCUT2D eigenvalue weighted by molar-refractivity contribution is -0.120. The van der Waals surface area contributed by atoms with Crippen LogP contribution in [0.25, 0.3) is 0 Å². The van der Waals surface area contributed by atoms with Gasteiger partial charge in [0.05, 0.1) is 22.8 Å². The molecule has 4 rings (SSSR count). The lowest BCUT2D eigenvalue weighted by Gasteiger charge is -2.31. The number of benzene rings is 2. The van der Waals surface area contributed by atoms with Gasteiger partial charge in [0.15, 0.2) is 0 Å². The second-order valence-electron chi connectivity index (χ2n) is 8.07. The summed E-state index contributed by atoms with van der Waals surface area (Å²) in [6.07, 6.45) is 3.90. The number of methoxy groups -OCH3 is 1. The maximum Gasteiger partial charge on any atom is 0.264 e. The molecule has 0 spiro atoms. The minimum absolute atomic E-state index is 0.0256. The third-order valence-corrected chi connectivity index (χ3v) is 8.90. The third kappa shape index (κ3) is 5.80. The van der Waals surface area contributed by atoms with E-state index in [0.29, 0.717) is 30.8 Å². The monoisotopic (exact) mass is 531 g/mol. The summed E-state index contributed by atoms with van der Waals surface area (Å²) in [5.74, 6) is -0.391. The first kappa shape index (κ1) is 25.5. The predicted octanol–water partition coefficient (Wildman–Crippen LogP) is 2.33. The van der Waals surface area contributed by atoms with E-state index in [9.17, 15) is 21.6 Å². The van der Waals surface area contributed by atoms with Crippen LogP contribution in [0.4, 0.5) is 11.6 Å². The molecule has 0 saturated carbocycles. The summed E-state index contributed by atoms with van der Waals surface area (Å²) in [6, 6.07) is 13.3. The molecule has 0 radical (unpaired) electrons. The molecular formula is C23H25N5O6S2. The number of carbonyl (C=O) groups is 1. The third-order valence-electron chi connectivity index (χ3n) is 5.68. The van der Waals surface area contributed by atoms with E-state index < -0.39 is 26.0 Å². The average molecular weight is 532 g/mol. The van der Waals surface area contributed by atoms with Crippen LogP contribution in [0.2, 0.25) is 0 Å². The van der Waals surface area contributed by atoms with Crippen molar-refractivity contribution in [2.75, 3.05) is 30.2 Å². The van der Waals surface area contributed by atoms with Crippen LogP contribution < -0.4 is 14.8 Å². The first-order valence-corrected chi connectivity index (χ1v) is 14.0. The van der Waals surface area contributed by atoms with Crippen LogP contribution in [0.1, 0.15) is 12.8 Å². The largest absolute Gasteiger partial charge is 0.497 e. The van der Waals surface area contributed by atoms with Gasteiger partial charge in [0.25, 0.3) is 10.0 Å². The van der Waals surface area contributed by atoms with Crippen molar-refractivity contribution in [3.8, 4) is 5.75 Å². The van der Waals surface area contributed by atoms with Gasteiger partial charge in [-0.3, -0.25) is 4.79 Å². The molecule has 1 aliphatic rings. The van der Waals surface area contributed by atoms with Crippen molar-refractivity contribution >= 4 is 37.6 Å². The molecule has 3 aromatic rings. The highest BCUT2D eigenvalue weighted by atomic mass is 32.2. The number of nitrogens with zero attached hydrogens (tertiary/aromatic N) is 3. The van der Waals surface area contributed by atoms with Crippen LogP contribution in [-0.4, -0.2) is 57.2 Å². The molecule has 11 nitrogen and oxygen atoms in total. The van der Waals surface area contributed by atoms with Gasteiger partial charge in [0.1, 0.15) is 5.75 Å². The molecule has 1 aromatic heterocycles. The Morgan fingerprint density at radius 2 is 1.61 bits per heavy atom. The van der Waals surface area contributed by atoms with Crippen LogP contribution in [0, 0.1) is 5.92 Å². The number of piperidine rings is 1. The van der Waals surface area contributed by atoms with Crippen molar-refractivity contribution in [3.05, 3.63) is 67.0 Å².